The van der Waals surface area contributed by atoms with Crippen molar-refractivity contribution in [2.75, 3.05) is 18.4 Å². The van der Waals surface area contributed by atoms with Crippen LogP contribution in [0.2, 0.25) is 0 Å². The Hall–Kier alpha value is -0.680. The average Bonchev–Trinajstić information content (AvgIpc) is 2.83. The van der Waals surface area contributed by atoms with E-state index in [2.05, 4.69) is 26.1 Å². The number of hydrogen-bond donors (Lipinski definition) is 1. The van der Waals surface area contributed by atoms with Gasteiger partial charge < -0.3 is 10.2 Å². The number of hydrogen-bond acceptors (Lipinski definition) is 2. The van der Waals surface area contributed by atoms with Gasteiger partial charge in [0.05, 0.1) is 10.2 Å². The van der Waals surface area contributed by atoms with Crippen molar-refractivity contribution in [3.05, 3.63) is 28.2 Å². The molecule has 104 valence electrons. The predicted molar refractivity (Wildman–Crippen MR) is 75.3 cm³/mol. The Labute approximate surface area is 120 Å². The normalized spacial score (nSPS) is 27.3. The fourth-order valence-electron chi connectivity index (χ4n) is 3.21. The molecule has 0 bridgehead atoms. The zero-order valence-corrected chi connectivity index (χ0v) is 12.2. The van der Waals surface area contributed by atoms with E-state index >= 15 is 0 Å². The van der Waals surface area contributed by atoms with E-state index in [1.807, 2.05) is 0 Å². The Morgan fingerprint density at radius 1 is 1.16 bits per heavy atom. The maximum absolute atomic E-state index is 13.7. The van der Waals surface area contributed by atoms with Gasteiger partial charge in [0.15, 0.2) is 0 Å². The Morgan fingerprint density at radius 2 is 2.00 bits per heavy atom. The van der Waals surface area contributed by atoms with Crippen molar-refractivity contribution < 1.29 is 8.78 Å². The molecule has 19 heavy (non-hydrogen) atoms. The van der Waals surface area contributed by atoms with Gasteiger partial charge in [0.2, 0.25) is 0 Å². The zero-order chi connectivity index (χ0) is 13.4. The van der Waals surface area contributed by atoms with Crippen molar-refractivity contribution in [3.63, 3.8) is 0 Å². The molecule has 0 saturated carbocycles. The molecule has 2 atom stereocenters. The number of anilines is 1. The summed E-state index contributed by atoms with van der Waals surface area (Å²) in [6.07, 6.45) is 4.58. The van der Waals surface area contributed by atoms with Crippen molar-refractivity contribution >= 4 is 21.6 Å². The van der Waals surface area contributed by atoms with Gasteiger partial charge in [-0.2, -0.15) is 0 Å². The lowest BCUT2D eigenvalue weighted by Crippen LogP contribution is -2.42. The Balaban J connectivity index is 1.70. The molecular formula is C14H17BrF2N2. The summed E-state index contributed by atoms with van der Waals surface area (Å²) in [6.45, 7) is 2.28. The summed E-state index contributed by atoms with van der Waals surface area (Å²) in [4.78, 5) is 2.52. The maximum atomic E-state index is 13.7. The molecule has 2 aliphatic rings. The predicted octanol–water partition coefficient (Wildman–Crippen LogP) is 3.77. The van der Waals surface area contributed by atoms with E-state index in [0.717, 1.165) is 25.5 Å². The second kappa shape index (κ2) is 5.37. The van der Waals surface area contributed by atoms with E-state index in [4.69, 9.17) is 0 Å². The van der Waals surface area contributed by atoms with Crippen LogP contribution in [0.4, 0.5) is 14.5 Å². The molecule has 2 heterocycles. The summed E-state index contributed by atoms with van der Waals surface area (Å²) in [6, 6.07) is 3.34. The third-order valence-electron chi connectivity index (χ3n) is 4.19. The molecule has 0 aliphatic carbocycles. The van der Waals surface area contributed by atoms with Gasteiger partial charge >= 0.3 is 0 Å². The van der Waals surface area contributed by atoms with Gasteiger partial charge in [-0.1, -0.05) is 0 Å². The van der Waals surface area contributed by atoms with E-state index < -0.39 is 11.6 Å². The highest BCUT2D eigenvalue weighted by atomic mass is 79.9. The first-order valence-corrected chi connectivity index (χ1v) is 7.58. The number of nitrogens with zero attached hydrogens (tertiary/aromatic N) is 1. The Kier molecular flexibility index (Phi) is 3.76. The van der Waals surface area contributed by atoms with Crippen molar-refractivity contribution in [1.82, 2.24) is 4.90 Å². The second-order valence-corrected chi connectivity index (χ2v) is 6.30. The molecule has 1 aromatic rings. The average molecular weight is 331 g/mol. The number of fused-ring (bicyclic) bond motifs is 1. The molecule has 0 spiro atoms. The van der Waals surface area contributed by atoms with Crippen molar-refractivity contribution in [3.8, 4) is 0 Å². The molecule has 5 heteroatoms. The molecular weight excluding hydrogens is 314 g/mol. The van der Waals surface area contributed by atoms with E-state index in [9.17, 15) is 8.78 Å². The summed E-state index contributed by atoms with van der Waals surface area (Å²) in [5.74, 6) is -1.08. The van der Waals surface area contributed by atoms with Crippen LogP contribution in [-0.2, 0) is 0 Å². The van der Waals surface area contributed by atoms with E-state index in [1.165, 1.54) is 25.5 Å². The highest BCUT2D eigenvalue weighted by Gasteiger charge is 2.31. The van der Waals surface area contributed by atoms with Gasteiger partial charge in [0, 0.05) is 24.7 Å². The lowest BCUT2D eigenvalue weighted by Gasteiger charge is -2.35. The lowest BCUT2D eigenvalue weighted by molar-refractivity contribution is 0.188. The lowest BCUT2D eigenvalue weighted by atomic mass is 9.97. The van der Waals surface area contributed by atoms with Gasteiger partial charge in [-0.15, -0.1) is 0 Å². The molecule has 1 aromatic carbocycles. The smallest absolute Gasteiger partial charge is 0.149 e. The van der Waals surface area contributed by atoms with E-state index in [1.54, 1.807) is 0 Å². The molecule has 2 fully saturated rings. The SMILES string of the molecule is Fc1cc(F)c(NC2CCN3CCCC3C2)cc1Br. The number of halogens is 3. The Bertz CT molecular complexity index is 481. The van der Waals surface area contributed by atoms with Crippen LogP contribution in [0.5, 0.6) is 0 Å². The standard InChI is InChI=1S/C14H17BrF2N2/c15-11-7-14(13(17)8-12(11)16)18-9-3-5-19-4-1-2-10(19)6-9/h7-10,18H,1-6H2. The molecule has 2 nitrogen and oxygen atoms in total. The molecule has 0 amide bonds. The summed E-state index contributed by atoms with van der Waals surface area (Å²) in [5.41, 5.74) is 0.393. The molecule has 0 aromatic heterocycles. The van der Waals surface area contributed by atoms with Crippen molar-refractivity contribution in [1.29, 1.82) is 0 Å². The topological polar surface area (TPSA) is 15.3 Å². The van der Waals surface area contributed by atoms with Crippen LogP contribution >= 0.6 is 15.9 Å². The van der Waals surface area contributed by atoms with Crippen LogP contribution in [0, 0.1) is 11.6 Å². The highest BCUT2D eigenvalue weighted by Crippen LogP contribution is 2.30. The second-order valence-electron chi connectivity index (χ2n) is 5.44. The quantitative estimate of drug-likeness (QED) is 0.830. The minimum atomic E-state index is -0.561. The first kappa shape index (κ1) is 13.3. The number of rotatable bonds is 2. The van der Waals surface area contributed by atoms with Crippen LogP contribution in [0.1, 0.15) is 25.7 Å². The third-order valence-corrected chi connectivity index (χ3v) is 4.80. The van der Waals surface area contributed by atoms with Crippen LogP contribution in [0.25, 0.3) is 0 Å². The largest absolute Gasteiger partial charge is 0.380 e. The number of piperidine rings is 1. The first-order valence-electron chi connectivity index (χ1n) is 6.78. The van der Waals surface area contributed by atoms with Gasteiger partial charge in [-0.25, -0.2) is 8.78 Å². The Morgan fingerprint density at radius 3 is 2.84 bits per heavy atom. The molecule has 3 rings (SSSR count). The van der Waals surface area contributed by atoms with Crippen LogP contribution in [0.3, 0.4) is 0 Å². The monoisotopic (exact) mass is 330 g/mol. The molecule has 1 N–H and O–H groups in total. The van der Waals surface area contributed by atoms with Crippen molar-refractivity contribution in [2.45, 2.75) is 37.8 Å². The fourth-order valence-corrected chi connectivity index (χ4v) is 3.55. The van der Waals surface area contributed by atoms with Gasteiger partial charge in [0.1, 0.15) is 11.6 Å². The number of benzene rings is 1. The van der Waals surface area contributed by atoms with E-state index in [0.29, 0.717) is 16.2 Å². The van der Waals surface area contributed by atoms with Crippen LogP contribution < -0.4 is 5.32 Å². The molecule has 2 aliphatic heterocycles. The zero-order valence-electron chi connectivity index (χ0n) is 10.6. The fraction of sp³-hybridized carbons (Fsp3) is 0.571. The molecule has 2 unspecified atom stereocenters. The first-order chi connectivity index (χ1) is 9.13. The van der Waals surface area contributed by atoms with Gasteiger partial charge in [-0.05, 0) is 54.2 Å². The number of nitrogens with one attached hydrogen (secondary N) is 1. The summed E-state index contributed by atoms with van der Waals surface area (Å²) >= 11 is 3.10. The van der Waals surface area contributed by atoms with Crippen molar-refractivity contribution in [2.24, 2.45) is 0 Å². The van der Waals surface area contributed by atoms with Gasteiger partial charge in [-0.3, -0.25) is 0 Å². The van der Waals surface area contributed by atoms with E-state index in [-0.39, 0.29) is 6.04 Å². The van der Waals surface area contributed by atoms with Crippen LogP contribution in [0.15, 0.2) is 16.6 Å². The summed E-state index contributed by atoms with van der Waals surface area (Å²) in [7, 11) is 0. The minimum absolute atomic E-state index is 0.284. The summed E-state index contributed by atoms with van der Waals surface area (Å²) < 4.78 is 27.2. The minimum Gasteiger partial charge on any atom is -0.380 e. The summed E-state index contributed by atoms with van der Waals surface area (Å²) in [5, 5.41) is 3.23. The molecule has 0 radical (unpaired) electrons. The van der Waals surface area contributed by atoms with Gasteiger partial charge in [0.25, 0.3) is 0 Å². The molecule has 2 saturated heterocycles. The highest BCUT2D eigenvalue weighted by molar-refractivity contribution is 9.10. The maximum Gasteiger partial charge on any atom is 0.149 e. The van der Waals surface area contributed by atoms with Crippen LogP contribution in [-0.4, -0.2) is 30.1 Å². The third kappa shape index (κ3) is 2.77.